The number of esters is 3. The van der Waals surface area contributed by atoms with E-state index in [4.69, 9.17) is 18.9 Å². The van der Waals surface area contributed by atoms with E-state index < -0.39 is 52.8 Å². The van der Waals surface area contributed by atoms with Gasteiger partial charge in [0.05, 0.1) is 16.6 Å². The van der Waals surface area contributed by atoms with E-state index in [1.807, 2.05) is 37.3 Å². The number of ether oxygens (including phenoxy) is 4. The van der Waals surface area contributed by atoms with Gasteiger partial charge in [0.2, 0.25) is 0 Å². The van der Waals surface area contributed by atoms with Gasteiger partial charge in [-0.15, -0.1) is 0 Å². The first kappa shape index (κ1) is 25.4. The Labute approximate surface area is 207 Å². The first-order chi connectivity index (χ1) is 16.4. The molecule has 1 aromatic rings. The molecule has 7 heteroatoms. The zero-order valence-electron chi connectivity index (χ0n) is 21.4. The fourth-order valence-corrected chi connectivity index (χ4v) is 6.77. The maximum atomic E-state index is 13.1. The summed E-state index contributed by atoms with van der Waals surface area (Å²) in [7, 11) is 0. The van der Waals surface area contributed by atoms with Crippen molar-refractivity contribution in [2.24, 2.45) is 17.3 Å². The molecule has 3 aliphatic rings. The molecule has 0 radical (unpaired) electrons. The number of carbonyl (C=O) groups is 3. The SMILES string of the molecule is CC(=O)O[C@H]1C[C@@H](C)[C@@]23C[C@@H](C[C@H](OC(C)=O)[C@]2(C)[C@H]1OC(=O)C=Cc1ccccc1)C(C)(C)O3. The lowest BCUT2D eigenvalue weighted by Crippen LogP contribution is -2.71. The highest BCUT2D eigenvalue weighted by Crippen LogP contribution is 2.67. The molecule has 35 heavy (non-hydrogen) atoms. The lowest BCUT2D eigenvalue weighted by molar-refractivity contribution is -0.284. The highest BCUT2D eigenvalue weighted by atomic mass is 16.6. The molecule has 1 spiro atoms. The highest BCUT2D eigenvalue weighted by Gasteiger charge is 2.75. The van der Waals surface area contributed by atoms with Crippen LogP contribution < -0.4 is 0 Å². The third kappa shape index (κ3) is 4.39. The molecule has 0 amide bonds. The van der Waals surface area contributed by atoms with Crippen LogP contribution in [0.1, 0.15) is 66.4 Å². The molecule has 2 saturated carbocycles. The van der Waals surface area contributed by atoms with Crippen molar-refractivity contribution in [3.63, 3.8) is 0 Å². The van der Waals surface area contributed by atoms with Crippen LogP contribution in [0.15, 0.2) is 36.4 Å². The quantitative estimate of drug-likeness (QED) is 0.346. The van der Waals surface area contributed by atoms with Gasteiger partial charge >= 0.3 is 17.9 Å². The predicted octanol–water partition coefficient (Wildman–Crippen LogP) is 4.48. The molecule has 0 N–H and O–H groups in total. The van der Waals surface area contributed by atoms with Crippen molar-refractivity contribution in [2.75, 3.05) is 0 Å². The molecule has 1 heterocycles. The molecule has 2 aliphatic carbocycles. The van der Waals surface area contributed by atoms with Gasteiger partial charge in [-0.2, -0.15) is 0 Å². The molecule has 7 nitrogen and oxygen atoms in total. The van der Waals surface area contributed by atoms with Gasteiger partial charge in [0.25, 0.3) is 0 Å². The van der Waals surface area contributed by atoms with E-state index in [1.165, 1.54) is 19.9 Å². The normalized spacial score (nSPS) is 37.4. The summed E-state index contributed by atoms with van der Waals surface area (Å²) in [6.45, 7) is 10.9. The van der Waals surface area contributed by atoms with Gasteiger partial charge in [0.1, 0.15) is 12.2 Å². The van der Waals surface area contributed by atoms with E-state index in [2.05, 4.69) is 20.8 Å². The minimum atomic E-state index is -0.920. The molecule has 190 valence electrons. The summed E-state index contributed by atoms with van der Waals surface area (Å²) >= 11 is 0. The Morgan fingerprint density at radius 1 is 0.971 bits per heavy atom. The van der Waals surface area contributed by atoms with Crippen LogP contribution in [0.2, 0.25) is 0 Å². The molecular weight excluding hydrogens is 448 g/mol. The second kappa shape index (κ2) is 9.08. The van der Waals surface area contributed by atoms with Gasteiger partial charge in [-0.3, -0.25) is 9.59 Å². The molecule has 3 fully saturated rings. The summed E-state index contributed by atoms with van der Waals surface area (Å²) in [5.41, 5.74) is -1.19. The molecule has 0 unspecified atom stereocenters. The van der Waals surface area contributed by atoms with Crippen LogP contribution in [0.4, 0.5) is 0 Å². The van der Waals surface area contributed by atoms with Crippen molar-refractivity contribution in [3.05, 3.63) is 42.0 Å². The second-order valence-electron chi connectivity index (χ2n) is 11.0. The number of rotatable bonds is 5. The number of hydrogen-bond acceptors (Lipinski definition) is 7. The van der Waals surface area contributed by atoms with Crippen molar-refractivity contribution in [3.8, 4) is 0 Å². The van der Waals surface area contributed by atoms with Crippen molar-refractivity contribution >= 4 is 24.0 Å². The summed E-state index contributed by atoms with van der Waals surface area (Å²) < 4.78 is 24.6. The first-order valence-corrected chi connectivity index (χ1v) is 12.4. The van der Waals surface area contributed by atoms with Crippen LogP contribution >= 0.6 is 0 Å². The zero-order valence-corrected chi connectivity index (χ0v) is 21.4. The number of hydrogen-bond donors (Lipinski definition) is 0. The summed E-state index contributed by atoms with van der Waals surface area (Å²) in [6, 6.07) is 9.44. The Morgan fingerprint density at radius 2 is 1.63 bits per heavy atom. The molecule has 4 rings (SSSR count). The maximum absolute atomic E-state index is 13.1. The minimum Gasteiger partial charge on any atom is -0.462 e. The third-order valence-corrected chi connectivity index (χ3v) is 8.45. The molecular formula is C28H36O7. The summed E-state index contributed by atoms with van der Waals surface area (Å²) in [5.74, 6) is -1.24. The largest absolute Gasteiger partial charge is 0.462 e. The molecule has 1 aliphatic heterocycles. The monoisotopic (exact) mass is 484 g/mol. The van der Waals surface area contributed by atoms with Crippen molar-refractivity contribution < 1.29 is 33.3 Å². The molecule has 0 aromatic heterocycles. The topological polar surface area (TPSA) is 88.1 Å². The predicted molar refractivity (Wildman–Crippen MR) is 129 cm³/mol. The van der Waals surface area contributed by atoms with E-state index in [1.54, 1.807) is 6.08 Å². The van der Waals surface area contributed by atoms with Crippen molar-refractivity contribution in [1.29, 1.82) is 0 Å². The van der Waals surface area contributed by atoms with Crippen LogP contribution in [-0.2, 0) is 33.3 Å². The van der Waals surface area contributed by atoms with Gasteiger partial charge < -0.3 is 18.9 Å². The average molecular weight is 485 g/mol. The van der Waals surface area contributed by atoms with Crippen LogP contribution in [0.25, 0.3) is 6.08 Å². The lowest BCUT2D eigenvalue weighted by atomic mass is 9.49. The van der Waals surface area contributed by atoms with E-state index in [0.717, 1.165) is 12.0 Å². The number of carbonyl (C=O) groups excluding carboxylic acids is 3. The van der Waals surface area contributed by atoms with E-state index in [-0.39, 0.29) is 11.8 Å². The smallest absolute Gasteiger partial charge is 0.331 e. The third-order valence-electron chi connectivity index (χ3n) is 8.45. The van der Waals surface area contributed by atoms with Crippen LogP contribution in [0.5, 0.6) is 0 Å². The standard InChI is InChI=1S/C28H36O7/c1-17-14-22(32-18(2)29)25(34-24(31)13-12-20-10-8-7-9-11-20)27(6)23(33-19(3)30)15-21-16-28(17,27)35-26(21,4)5/h7-13,17,21-23,25H,14-16H2,1-6H3/t17-,21-,22+,23+,25+,27-,28+/m1/s1. The van der Waals surface area contributed by atoms with Gasteiger partial charge in [-0.25, -0.2) is 4.79 Å². The Morgan fingerprint density at radius 3 is 2.26 bits per heavy atom. The summed E-state index contributed by atoms with van der Waals surface area (Å²) in [5, 5.41) is 0. The first-order valence-electron chi connectivity index (χ1n) is 12.4. The van der Waals surface area contributed by atoms with Gasteiger partial charge in [-0.05, 0) is 63.5 Å². The number of fused-ring (bicyclic) bond motifs is 1. The Kier molecular flexibility index (Phi) is 6.60. The fraction of sp³-hybridized carbons (Fsp3) is 0.607. The Balaban J connectivity index is 1.75. The summed E-state index contributed by atoms with van der Waals surface area (Å²) in [4.78, 5) is 37.3. The molecule has 2 bridgehead atoms. The van der Waals surface area contributed by atoms with E-state index in [9.17, 15) is 14.4 Å². The molecule has 1 saturated heterocycles. The van der Waals surface area contributed by atoms with E-state index >= 15 is 0 Å². The van der Waals surface area contributed by atoms with E-state index in [0.29, 0.717) is 12.8 Å². The van der Waals surface area contributed by atoms with Crippen molar-refractivity contribution in [2.45, 2.75) is 90.3 Å². The van der Waals surface area contributed by atoms with Gasteiger partial charge in [0.15, 0.2) is 6.10 Å². The average Bonchev–Trinajstić information content (AvgIpc) is 3.01. The van der Waals surface area contributed by atoms with Crippen LogP contribution in [-0.4, -0.2) is 47.4 Å². The van der Waals surface area contributed by atoms with Crippen LogP contribution in [0, 0.1) is 17.3 Å². The molecule has 1 aromatic carbocycles. The van der Waals surface area contributed by atoms with Gasteiger partial charge in [-0.1, -0.05) is 37.3 Å². The molecule has 7 atom stereocenters. The second-order valence-corrected chi connectivity index (χ2v) is 11.0. The Bertz CT molecular complexity index is 1020. The minimum absolute atomic E-state index is 0.0192. The van der Waals surface area contributed by atoms with Crippen LogP contribution in [0.3, 0.4) is 0 Å². The summed E-state index contributed by atoms with van der Waals surface area (Å²) in [6.07, 6.45) is 2.78. The van der Waals surface area contributed by atoms with Crippen molar-refractivity contribution in [1.82, 2.24) is 0 Å². The zero-order chi connectivity index (χ0) is 25.6. The Hall–Kier alpha value is -2.67. The fourth-order valence-electron chi connectivity index (χ4n) is 6.77. The lowest BCUT2D eigenvalue weighted by Gasteiger charge is -2.61. The van der Waals surface area contributed by atoms with Gasteiger partial charge in [0, 0.05) is 19.9 Å². The maximum Gasteiger partial charge on any atom is 0.331 e. The number of benzene rings is 1. The highest BCUT2D eigenvalue weighted by molar-refractivity contribution is 5.87.